The molecule has 37 heavy (non-hydrogen) atoms. The van der Waals surface area contributed by atoms with Crippen LogP contribution in [0.15, 0.2) is 60.7 Å². The van der Waals surface area contributed by atoms with Gasteiger partial charge in [-0.15, -0.1) is 0 Å². The minimum absolute atomic E-state index is 0.00425. The third-order valence-electron chi connectivity index (χ3n) is 10.5. The number of aldehydes is 1. The van der Waals surface area contributed by atoms with Gasteiger partial charge >= 0.3 is 0 Å². The van der Waals surface area contributed by atoms with Crippen LogP contribution in [-0.2, 0) is 9.22 Å². The molecule has 0 N–H and O–H groups in total. The van der Waals surface area contributed by atoms with E-state index in [2.05, 4.69) is 123 Å². The highest BCUT2D eigenvalue weighted by Crippen LogP contribution is 2.59. The van der Waals surface area contributed by atoms with Crippen molar-refractivity contribution in [1.82, 2.24) is 0 Å². The Morgan fingerprint density at radius 3 is 1.84 bits per heavy atom. The fourth-order valence-electron chi connectivity index (χ4n) is 7.07. The molecular weight excluding hydrogens is 468 g/mol. The lowest BCUT2D eigenvalue weighted by Crippen LogP contribution is -2.67. The summed E-state index contributed by atoms with van der Waals surface area (Å²) in [4.78, 5) is 11.8. The van der Waals surface area contributed by atoms with Gasteiger partial charge in [-0.3, -0.25) is 0 Å². The number of carbonyl (C=O) groups excluding carboxylic acids is 1. The van der Waals surface area contributed by atoms with Crippen molar-refractivity contribution in [1.29, 1.82) is 0 Å². The summed E-state index contributed by atoms with van der Waals surface area (Å²) in [6, 6.07) is 22.0. The lowest BCUT2D eigenvalue weighted by atomic mass is 9.59. The van der Waals surface area contributed by atoms with E-state index in [0.29, 0.717) is 17.8 Å². The lowest BCUT2D eigenvalue weighted by molar-refractivity contribution is -0.115. The third kappa shape index (κ3) is 5.69. The first-order chi connectivity index (χ1) is 17.3. The Balaban J connectivity index is 1.85. The molecule has 0 saturated heterocycles. The Kier molecular flexibility index (Phi) is 9.34. The Morgan fingerprint density at radius 1 is 0.919 bits per heavy atom. The molecule has 0 aromatic heterocycles. The van der Waals surface area contributed by atoms with E-state index in [1.807, 2.05) is 0 Å². The summed E-state index contributed by atoms with van der Waals surface area (Å²) in [5, 5.41) is 2.70. The topological polar surface area (TPSA) is 26.3 Å². The zero-order valence-electron chi connectivity index (χ0n) is 25.0. The summed E-state index contributed by atoms with van der Waals surface area (Å²) in [5.41, 5.74) is 0.242. The number of hydrogen-bond donors (Lipinski definition) is 0. The fraction of sp³-hybridized carbons (Fsp3) is 0.618. The fourth-order valence-corrected chi connectivity index (χ4v) is 11.7. The molecule has 4 atom stereocenters. The van der Waals surface area contributed by atoms with Gasteiger partial charge in [0.25, 0.3) is 8.32 Å². The quantitative estimate of drug-likeness (QED) is 0.222. The maximum atomic E-state index is 11.8. The Bertz CT molecular complexity index is 952. The molecule has 3 heteroatoms. The van der Waals surface area contributed by atoms with E-state index >= 15 is 0 Å². The predicted octanol–water partition coefficient (Wildman–Crippen LogP) is 7.89. The molecule has 0 spiro atoms. The molecule has 0 bridgehead atoms. The van der Waals surface area contributed by atoms with Gasteiger partial charge in [0.15, 0.2) is 0 Å². The van der Waals surface area contributed by atoms with Crippen molar-refractivity contribution >= 4 is 25.0 Å². The van der Waals surface area contributed by atoms with Crippen molar-refractivity contribution in [3.8, 4) is 0 Å². The van der Waals surface area contributed by atoms with Crippen molar-refractivity contribution in [2.75, 3.05) is 6.61 Å². The normalized spacial score (nSPS) is 23.7. The SMILES string of the molecule is CC(C)[C@H](CC[C@H](C)[C@@]1(C)CC[C@@H](C=O)C1(C)C)CO[Si](c1ccccc1)(c1ccccc1)C(C)(C)C. The molecule has 0 unspecified atom stereocenters. The summed E-state index contributed by atoms with van der Waals surface area (Å²) in [6.07, 6.45) is 5.73. The first-order valence-electron chi connectivity index (χ1n) is 14.5. The van der Waals surface area contributed by atoms with E-state index in [9.17, 15) is 4.79 Å². The van der Waals surface area contributed by atoms with Gasteiger partial charge in [0.2, 0.25) is 0 Å². The maximum Gasteiger partial charge on any atom is 0.261 e. The molecule has 1 aliphatic rings. The van der Waals surface area contributed by atoms with Crippen LogP contribution in [0.25, 0.3) is 0 Å². The second kappa shape index (κ2) is 11.6. The standard InChI is InChI=1S/C34H52O2Si/c1-26(2)28(21-20-27(3)34(9)23-22-29(24-35)33(34,7)8)25-36-37(32(4,5)6,30-16-12-10-13-17-30)31-18-14-11-15-19-31/h10-19,24,26-29H,20-23,25H2,1-9H3/t27-,28+,29-,34+/m0/s1. The Morgan fingerprint density at radius 2 is 1.43 bits per heavy atom. The highest BCUT2D eigenvalue weighted by atomic mass is 28.4. The molecule has 0 radical (unpaired) electrons. The molecule has 2 nitrogen and oxygen atoms in total. The van der Waals surface area contributed by atoms with Crippen molar-refractivity contribution in [2.24, 2.45) is 34.5 Å². The predicted molar refractivity (Wildman–Crippen MR) is 161 cm³/mol. The average molecular weight is 521 g/mol. The van der Waals surface area contributed by atoms with Crippen LogP contribution >= 0.6 is 0 Å². The lowest BCUT2D eigenvalue weighted by Gasteiger charge is -2.46. The van der Waals surface area contributed by atoms with Crippen molar-refractivity contribution < 1.29 is 9.22 Å². The molecule has 1 saturated carbocycles. The van der Waals surface area contributed by atoms with Gasteiger partial charge in [-0.1, -0.05) is 123 Å². The molecular formula is C34H52O2Si. The third-order valence-corrected chi connectivity index (χ3v) is 15.5. The number of hydrogen-bond acceptors (Lipinski definition) is 2. The first kappa shape index (κ1) is 29.8. The van der Waals surface area contributed by atoms with Crippen molar-refractivity contribution in [3.63, 3.8) is 0 Å². The molecule has 0 amide bonds. The smallest absolute Gasteiger partial charge is 0.261 e. The highest BCUT2D eigenvalue weighted by Gasteiger charge is 2.54. The number of rotatable bonds is 11. The summed E-state index contributed by atoms with van der Waals surface area (Å²) in [7, 11) is -2.53. The van der Waals surface area contributed by atoms with Gasteiger partial charge in [-0.05, 0) is 69.7 Å². The van der Waals surface area contributed by atoms with Gasteiger partial charge < -0.3 is 9.22 Å². The second-order valence-corrected chi connectivity index (χ2v) is 18.2. The summed E-state index contributed by atoms with van der Waals surface area (Å²) < 4.78 is 7.34. The van der Waals surface area contributed by atoms with E-state index < -0.39 is 8.32 Å². The van der Waals surface area contributed by atoms with Crippen molar-refractivity contribution in [2.45, 2.75) is 93.0 Å². The van der Waals surface area contributed by atoms with Gasteiger partial charge in [-0.25, -0.2) is 0 Å². The zero-order chi connectivity index (χ0) is 27.5. The van der Waals surface area contributed by atoms with E-state index in [-0.39, 0.29) is 21.8 Å². The van der Waals surface area contributed by atoms with Crippen LogP contribution in [0.2, 0.25) is 5.04 Å². The van der Waals surface area contributed by atoms with E-state index in [4.69, 9.17) is 4.43 Å². The van der Waals surface area contributed by atoms with Gasteiger partial charge in [0.05, 0.1) is 0 Å². The second-order valence-electron chi connectivity index (χ2n) is 13.9. The van der Waals surface area contributed by atoms with E-state index in [0.717, 1.165) is 25.9 Å². The highest BCUT2D eigenvalue weighted by molar-refractivity contribution is 6.99. The summed E-state index contributed by atoms with van der Waals surface area (Å²) >= 11 is 0. The van der Waals surface area contributed by atoms with Crippen LogP contribution in [0.1, 0.15) is 88.0 Å². The molecule has 3 rings (SSSR count). The first-order valence-corrected chi connectivity index (χ1v) is 16.4. The maximum absolute atomic E-state index is 11.8. The monoisotopic (exact) mass is 520 g/mol. The number of benzene rings is 2. The molecule has 204 valence electrons. The summed E-state index contributed by atoms with van der Waals surface area (Å²) in [6.45, 7) is 22.1. The van der Waals surface area contributed by atoms with Crippen LogP contribution in [0.3, 0.4) is 0 Å². The van der Waals surface area contributed by atoms with Crippen LogP contribution in [0.4, 0.5) is 0 Å². The summed E-state index contributed by atoms with van der Waals surface area (Å²) in [5.74, 6) is 1.80. The zero-order valence-corrected chi connectivity index (χ0v) is 26.0. The van der Waals surface area contributed by atoms with Crippen molar-refractivity contribution in [3.05, 3.63) is 60.7 Å². The largest absolute Gasteiger partial charge is 0.407 e. The van der Waals surface area contributed by atoms with E-state index in [1.165, 1.54) is 23.1 Å². The van der Waals surface area contributed by atoms with Crippen LogP contribution < -0.4 is 10.4 Å². The Hall–Kier alpha value is -1.71. The van der Waals surface area contributed by atoms with Gasteiger partial charge in [0, 0.05) is 12.5 Å². The van der Waals surface area contributed by atoms with Gasteiger partial charge in [-0.2, -0.15) is 0 Å². The molecule has 1 aliphatic carbocycles. The average Bonchev–Trinajstić information content (AvgIpc) is 3.10. The van der Waals surface area contributed by atoms with Crippen LogP contribution in [0, 0.1) is 34.5 Å². The molecule has 0 aliphatic heterocycles. The number of carbonyl (C=O) groups is 1. The molecule has 1 fully saturated rings. The molecule has 0 heterocycles. The Labute approximate surface area is 228 Å². The minimum Gasteiger partial charge on any atom is -0.407 e. The van der Waals surface area contributed by atoms with E-state index in [1.54, 1.807) is 0 Å². The molecule has 2 aromatic carbocycles. The minimum atomic E-state index is -2.53. The van der Waals surface area contributed by atoms with Crippen LogP contribution in [0.5, 0.6) is 0 Å². The van der Waals surface area contributed by atoms with Crippen LogP contribution in [-0.4, -0.2) is 21.2 Å². The van der Waals surface area contributed by atoms with Gasteiger partial charge in [0.1, 0.15) is 6.29 Å². The molecule has 2 aromatic rings.